The van der Waals surface area contributed by atoms with Gasteiger partial charge >= 0.3 is 5.97 Å². The molecule has 1 saturated heterocycles. The third-order valence-corrected chi connectivity index (χ3v) is 5.25. The molecular weight excluding hydrogens is 304 g/mol. The van der Waals surface area contributed by atoms with Crippen LogP contribution in [0.5, 0.6) is 0 Å². The third kappa shape index (κ3) is 3.40. The maximum Gasteiger partial charge on any atom is 0.307 e. The van der Waals surface area contributed by atoms with Crippen molar-refractivity contribution in [3.63, 3.8) is 0 Å². The Hall–Kier alpha value is -2.04. The van der Waals surface area contributed by atoms with E-state index >= 15 is 0 Å². The zero-order valence-electron chi connectivity index (χ0n) is 14.5. The molecule has 1 heterocycles. The second-order valence-corrected chi connectivity index (χ2v) is 7.10. The summed E-state index contributed by atoms with van der Waals surface area (Å²) < 4.78 is 5.54. The molecule has 0 radical (unpaired) electrons. The summed E-state index contributed by atoms with van der Waals surface area (Å²) in [7, 11) is 4.03. The van der Waals surface area contributed by atoms with Gasteiger partial charge in [0.25, 0.3) is 0 Å². The number of rotatable bonds is 5. The molecule has 1 spiro atoms. The Balaban J connectivity index is 1.53. The number of amides is 1. The second-order valence-electron chi connectivity index (χ2n) is 7.10. The van der Waals surface area contributed by atoms with E-state index in [-0.39, 0.29) is 24.2 Å². The third-order valence-electron chi connectivity index (χ3n) is 5.25. The summed E-state index contributed by atoms with van der Waals surface area (Å²) in [6.07, 6.45) is 4.73. The van der Waals surface area contributed by atoms with Gasteiger partial charge in [-0.2, -0.15) is 0 Å². The van der Waals surface area contributed by atoms with Gasteiger partial charge in [0.1, 0.15) is 5.60 Å². The van der Waals surface area contributed by atoms with Gasteiger partial charge in [-0.15, -0.1) is 0 Å². The SMILES string of the molecule is CN(C)c1ccc(CCNC(=O)C2CC(=O)OC23CCCC3)cc1. The van der Waals surface area contributed by atoms with Crippen LogP contribution in [-0.2, 0) is 20.7 Å². The fourth-order valence-corrected chi connectivity index (χ4v) is 3.86. The van der Waals surface area contributed by atoms with Gasteiger partial charge in [0, 0.05) is 26.3 Å². The molecule has 1 amide bonds. The van der Waals surface area contributed by atoms with Gasteiger partial charge in [-0.3, -0.25) is 9.59 Å². The minimum absolute atomic E-state index is 0.0346. The summed E-state index contributed by atoms with van der Waals surface area (Å²) in [4.78, 5) is 26.3. The van der Waals surface area contributed by atoms with Gasteiger partial charge in [-0.1, -0.05) is 12.1 Å². The molecule has 1 aromatic carbocycles. The van der Waals surface area contributed by atoms with Gasteiger partial charge in [0.2, 0.25) is 5.91 Å². The van der Waals surface area contributed by atoms with Crippen molar-refractivity contribution in [1.29, 1.82) is 0 Å². The maximum absolute atomic E-state index is 12.5. The van der Waals surface area contributed by atoms with Crippen LogP contribution in [0.15, 0.2) is 24.3 Å². The van der Waals surface area contributed by atoms with Crippen LogP contribution < -0.4 is 10.2 Å². The molecule has 2 fully saturated rings. The average molecular weight is 330 g/mol. The van der Waals surface area contributed by atoms with Crippen molar-refractivity contribution in [1.82, 2.24) is 5.32 Å². The summed E-state index contributed by atoms with van der Waals surface area (Å²) in [6, 6.07) is 8.33. The predicted octanol–water partition coefficient (Wildman–Crippen LogP) is 2.29. The zero-order chi connectivity index (χ0) is 17.2. The molecule has 130 valence electrons. The zero-order valence-corrected chi connectivity index (χ0v) is 14.5. The Morgan fingerprint density at radius 1 is 1.25 bits per heavy atom. The number of nitrogens with zero attached hydrogens (tertiary/aromatic N) is 1. The average Bonchev–Trinajstić information content (AvgIpc) is 3.15. The van der Waals surface area contributed by atoms with E-state index in [2.05, 4.69) is 34.5 Å². The maximum atomic E-state index is 12.5. The number of esters is 1. The Morgan fingerprint density at radius 3 is 2.54 bits per heavy atom. The lowest BCUT2D eigenvalue weighted by Crippen LogP contribution is -2.43. The molecule has 2 aliphatic rings. The van der Waals surface area contributed by atoms with Crippen LogP contribution in [0, 0.1) is 5.92 Å². The molecule has 0 bridgehead atoms. The molecule has 5 nitrogen and oxygen atoms in total. The first kappa shape index (κ1) is 16.8. The second kappa shape index (κ2) is 6.83. The lowest BCUT2D eigenvalue weighted by atomic mass is 9.85. The van der Waals surface area contributed by atoms with Gasteiger partial charge < -0.3 is 15.0 Å². The van der Waals surface area contributed by atoms with Crippen LogP contribution in [-0.4, -0.2) is 38.1 Å². The minimum atomic E-state index is -0.519. The van der Waals surface area contributed by atoms with E-state index in [1.165, 1.54) is 5.56 Å². The smallest absolute Gasteiger partial charge is 0.307 e. The summed E-state index contributed by atoms with van der Waals surface area (Å²) in [5.41, 5.74) is 1.83. The van der Waals surface area contributed by atoms with E-state index in [9.17, 15) is 9.59 Å². The quantitative estimate of drug-likeness (QED) is 0.842. The highest BCUT2D eigenvalue weighted by Gasteiger charge is 2.53. The highest BCUT2D eigenvalue weighted by molar-refractivity contribution is 5.87. The number of anilines is 1. The first-order chi connectivity index (χ1) is 11.5. The van der Waals surface area contributed by atoms with Gasteiger partial charge in [-0.25, -0.2) is 0 Å². The molecule has 3 rings (SSSR count). The van der Waals surface area contributed by atoms with Crippen LogP contribution in [0.1, 0.15) is 37.7 Å². The molecule has 1 unspecified atom stereocenters. The predicted molar refractivity (Wildman–Crippen MR) is 92.9 cm³/mol. The Morgan fingerprint density at radius 2 is 1.92 bits per heavy atom. The van der Waals surface area contributed by atoms with Crippen molar-refractivity contribution in [2.24, 2.45) is 5.92 Å². The molecule has 1 atom stereocenters. The fourth-order valence-electron chi connectivity index (χ4n) is 3.86. The normalized spacial score (nSPS) is 21.8. The molecular formula is C19H26N2O3. The number of hydrogen-bond donors (Lipinski definition) is 1. The van der Waals surface area contributed by atoms with Crippen molar-refractivity contribution in [3.8, 4) is 0 Å². The van der Waals surface area contributed by atoms with Crippen molar-refractivity contribution in [2.75, 3.05) is 25.5 Å². The number of carbonyl (C=O) groups excluding carboxylic acids is 2. The number of benzene rings is 1. The largest absolute Gasteiger partial charge is 0.458 e. The molecule has 0 aromatic heterocycles. The van der Waals surface area contributed by atoms with Crippen LogP contribution in [0.25, 0.3) is 0 Å². The van der Waals surface area contributed by atoms with Crippen molar-refractivity contribution < 1.29 is 14.3 Å². The van der Waals surface area contributed by atoms with E-state index in [0.717, 1.165) is 37.8 Å². The van der Waals surface area contributed by atoms with Crippen molar-refractivity contribution in [3.05, 3.63) is 29.8 Å². The summed E-state index contributed by atoms with van der Waals surface area (Å²) >= 11 is 0. The molecule has 1 aliphatic heterocycles. The van der Waals surface area contributed by atoms with Crippen LogP contribution in [0.3, 0.4) is 0 Å². The molecule has 24 heavy (non-hydrogen) atoms. The topological polar surface area (TPSA) is 58.6 Å². The molecule has 5 heteroatoms. The van der Waals surface area contributed by atoms with E-state index in [1.807, 2.05) is 14.1 Å². The molecule has 1 aromatic rings. The first-order valence-corrected chi connectivity index (χ1v) is 8.76. The van der Waals surface area contributed by atoms with Gasteiger partial charge in [0.15, 0.2) is 0 Å². The van der Waals surface area contributed by atoms with Gasteiger partial charge in [0.05, 0.1) is 12.3 Å². The van der Waals surface area contributed by atoms with Crippen LogP contribution in [0.4, 0.5) is 5.69 Å². The minimum Gasteiger partial charge on any atom is -0.458 e. The Bertz CT molecular complexity index is 604. The number of ether oxygens (including phenoxy) is 1. The number of carbonyl (C=O) groups is 2. The molecule has 1 aliphatic carbocycles. The lowest BCUT2D eigenvalue weighted by molar-refractivity contribution is -0.149. The standard InChI is InChI=1S/C19H26N2O3/c1-21(2)15-7-5-14(6-8-15)9-12-20-18(23)16-13-17(22)24-19(16)10-3-4-11-19/h5-8,16H,3-4,9-13H2,1-2H3,(H,20,23). The van der Waals surface area contributed by atoms with Crippen molar-refractivity contribution in [2.45, 2.75) is 44.1 Å². The van der Waals surface area contributed by atoms with Crippen molar-refractivity contribution >= 4 is 17.6 Å². The summed E-state index contributed by atoms with van der Waals surface area (Å²) in [6.45, 7) is 0.584. The van der Waals surface area contributed by atoms with Crippen LogP contribution >= 0.6 is 0 Å². The Labute approximate surface area is 143 Å². The van der Waals surface area contributed by atoms with E-state index < -0.39 is 5.60 Å². The number of nitrogens with one attached hydrogen (secondary N) is 1. The van der Waals surface area contributed by atoms with E-state index in [1.54, 1.807) is 0 Å². The van der Waals surface area contributed by atoms with Crippen LogP contribution in [0.2, 0.25) is 0 Å². The van der Waals surface area contributed by atoms with E-state index in [4.69, 9.17) is 4.74 Å². The monoisotopic (exact) mass is 330 g/mol. The first-order valence-electron chi connectivity index (χ1n) is 8.76. The molecule has 1 saturated carbocycles. The highest BCUT2D eigenvalue weighted by Crippen LogP contribution is 2.45. The van der Waals surface area contributed by atoms with E-state index in [0.29, 0.717) is 6.54 Å². The fraction of sp³-hybridized carbons (Fsp3) is 0.579. The lowest BCUT2D eigenvalue weighted by Gasteiger charge is -2.27. The summed E-state index contributed by atoms with van der Waals surface area (Å²) in [5, 5.41) is 3.00. The number of hydrogen-bond acceptors (Lipinski definition) is 4. The highest BCUT2D eigenvalue weighted by atomic mass is 16.6. The summed E-state index contributed by atoms with van der Waals surface area (Å²) in [5.74, 6) is -0.576. The van der Waals surface area contributed by atoms with Gasteiger partial charge in [-0.05, 0) is 49.8 Å². The molecule has 1 N–H and O–H groups in total. The Kier molecular flexibility index (Phi) is 4.78.